The van der Waals surface area contributed by atoms with E-state index in [1.54, 1.807) is 13.0 Å². The van der Waals surface area contributed by atoms with Crippen molar-refractivity contribution in [1.29, 1.82) is 0 Å². The molecule has 0 radical (unpaired) electrons. The molecule has 27 heavy (non-hydrogen) atoms. The lowest BCUT2D eigenvalue weighted by Gasteiger charge is -2.06. The third-order valence-corrected chi connectivity index (χ3v) is 4.73. The Balaban J connectivity index is 2.11. The second-order valence-corrected chi connectivity index (χ2v) is 7.14. The Bertz CT molecular complexity index is 1200. The number of nitro benzene ring substituents is 1. The fourth-order valence-electron chi connectivity index (χ4n) is 2.55. The number of benzene rings is 3. The fraction of sp³-hybridized carbons (Fsp3) is 0.0588. The molecule has 3 aromatic rings. The van der Waals surface area contributed by atoms with Crippen molar-refractivity contribution in [3.63, 3.8) is 0 Å². The Morgan fingerprint density at radius 1 is 1.04 bits per heavy atom. The highest BCUT2D eigenvalue weighted by Crippen LogP contribution is 2.37. The van der Waals surface area contributed by atoms with Crippen molar-refractivity contribution in [1.82, 2.24) is 0 Å². The SMILES string of the molecule is Cc1cc(N=Nc2c(O)ccc3ccc(S(=O)(=O)O)cc23)ccc1[N+](=O)[O-]. The molecule has 0 atom stereocenters. The normalized spacial score (nSPS) is 11.9. The average molecular weight is 387 g/mol. The number of nitro groups is 1. The second kappa shape index (κ2) is 6.74. The van der Waals surface area contributed by atoms with Gasteiger partial charge in [0.2, 0.25) is 0 Å². The van der Waals surface area contributed by atoms with Gasteiger partial charge in [-0.15, -0.1) is 5.11 Å². The van der Waals surface area contributed by atoms with Crippen molar-refractivity contribution in [3.05, 3.63) is 64.2 Å². The van der Waals surface area contributed by atoms with Gasteiger partial charge in [-0.05, 0) is 42.6 Å². The lowest BCUT2D eigenvalue weighted by Crippen LogP contribution is -1.97. The van der Waals surface area contributed by atoms with E-state index < -0.39 is 15.0 Å². The molecule has 0 saturated carbocycles. The van der Waals surface area contributed by atoms with Gasteiger partial charge in [0.1, 0.15) is 11.4 Å². The van der Waals surface area contributed by atoms with E-state index in [9.17, 15) is 28.2 Å². The van der Waals surface area contributed by atoms with Crippen LogP contribution in [0.2, 0.25) is 0 Å². The number of nitrogens with zero attached hydrogens (tertiary/aromatic N) is 3. The summed E-state index contributed by atoms with van der Waals surface area (Å²) in [6.45, 7) is 1.56. The minimum atomic E-state index is -4.43. The average Bonchev–Trinajstić information content (AvgIpc) is 2.59. The fourth-order valence-corrected chi connectivity index (χ4v) is 3.06. The molecule has 0 fully saturated rings. The van der Waals surface area contributed by atoms with Gasteiger partial charge in [0.15, 0.2) is 0 Å². The van der Waals surface area contributed by atoms with Crippen molar-refractivity contribution in [2.45, 2.75) is 11.8 Å². The summed E-state index contributed by atoms with van der Waals surface area (Å²) in [5.41, 5.74) is 0.668. The van der Waals surface area contributed by atoms with E-state index in [0.717, 1.165) is 0 Å². The van der Waals surface area contributed by atoms with E-state index >= 15 is 0 Å². The summed E-state index contributed by atoms with van der Waals surface area (Å²) in [6, 6.07) is 11.0. The van der Waals surface area contributed by atoms with Gasteiger partial charge in [0.05, 0.1) is 15.5 Å². The monoisotopic (exact) mass is 387 g/mol. The highest BCUT2D eigenvalue weighted by atomic mass is 32.2. The quantitative estimate of drug-likeness (QED) is 0.293. The molecular weight excluding hydrogens is 374 g/mol. The first-order chi connectivity index (χ1) is 12.7. The van der Waals surface area contributed by atoms with Crippen LogP contribution in [0, 0.1) is 17.0 Å². The first kappa shape index (κ1) is 18.4. The van der Waals surface area contributed by atoms with Crippen LogP contribution in [0.4, 0.5) is 17.1 Å². The summed E-state index contributed by atoms with van der Waals surface area (Å²) < 4.78 is 31.9. The van der Waals surface area contributed by atoms with Crippen LogP contribution in [0.1, 0.15) is 5.56 Å². The third kappa shape index (κ3) is 3.76. The summed E-state index contributed by atoms with van der Waals surface area (Å²) in [7, 11) is -4.43. The third-order valence-electron chi connectivity index (χ3n) is 3.88. The molecule has 138 valence electrons. The zero-order valence-corrected chi connectivity index (χ0v) is 14.7. The summed E-state index contributed by atoms with van der Waals surface area (Å²) in [5, 5.41) is 29.8. The maximum Gasteiger partial charge on any atom is 0.294 e. The minimum Gasteiger partial charge on any atom is -0.506 e. The minimum absolute atomic E-state index is 0.00834. The molecule has 0 aromatic heterocycles. The van der Waals surface area contributed by atoms with E-state index in [-0.39, 0.29) is 27.4 Å². The van der Waals surface area contributed by atoms with Crippen molar-refractivity contribution in [3.8, 4) is 5.75 Å². The number of rotatable bonds is 4. The van der Waals surface area contributed by atoms with E-state index in [0.29, 0.717) is 16.6 Å². The molecule has 9 nitrogen and oxygen atoms in total. The molecule has 0 saturated heterocycles. The van der Waals surface area contributed by atoms with E-state index in [1.165, 1.54) is 42.5 Å². The number of phenolic OH excluding ortho intramolecular Hbond substituents is 1. The van der Waals surface area contributed by atoms with Crippen LogP contribution < -0.4 is 0 Å². The lowest BCUT2D eigenvalue weighted by molar-refractivity contribution is -0.385. The van der Waals surface area contributed by atoms with Crippen molar-refractivity contribution in [2.75, 3.05) is 0 Å². The van der Waals surface area contributed by atoms with E-state index in [2.05, 4.69) is 10.2 Å². The zero-order valence-electron chi connectivity index (χ0n) is 13.9. The van der Waals surface area contributed by atoms with E-state index in [4.69, 9.17) is 0 Å². The Kier molecular flexibility index (Phi) is 4.60. The molecule has 0 amide bonds. The van der Waals surface area contributed by atoms with Gasteiger partial charge in [0.25, 0.3) is 15.8 Å². The number of azo groups is 1. The van der Waals surface area contributed by atoms with Gasteiger partial charge < -0.3 is 5.11 Å². The predicted octanol–water partition coefficient (Wildman–Crippen LogP) is 4.42. The van der Waals surface area contributed by atoms with Crippen molar-refractivity contribution < 1.29 is 23.0 Å². The zero-order chi connectivity index (χ0) is 19.8. The summed E-state index contributed by atoms with van der Waals surface area (Å²) in [6.07, 6.45) is 0. The lowest BCUT2D eigenvalue weighted by atomic mass is 10.1. The molecule has 10 heteroatoms. The molecule has 2 N–H and O–H groups in total. The molecule has 3 rings (SSSR count). The molecule has 0 aliphatic heterocycles. The van der Waals surface area contributed by atoms with Gasteiger partial charge in [-0.3, -0.25) is 14.7 Å². The second-order valence-electron chi connectivity index (χ2n) is 5.72. The number of aromatic hydroxyl groups is 1. The topological polar surface area (TPSA) is 142 Å². The van der Waals surface area contributed by atoms with Gasteiger partial charge in [-0.1, -0.05) is 12.1 Å². The van der Waals surface area contributed by atoms with Crippen LogP contribution in [0.25, 0.3) is 10.8 Å². The predicted molar refractivity (Wildman–Crippen MR) is 97.4 cm³/mol. The molecule has 0 spiro atoms. The highest BCUT2D eigenvalue weighted by Gasteiger charge is 2.14. The number of aryl methyl sites for hydroxylation is 1. The highest BCUT2D eigenvalue weighted by molar-refractivity contribution is 7.85. The summed E-state index contributed by atoms with van der Waals surface area (Å²) in [5.74, 6) is -0.239. The van der Waals surface area contributed by atoms with Gasteiger partial charge in [-0.25, -0.2) is 0 Å². The smallest absolute Gasteiger partial charge is 0.294 e. The molecule has 0 bridgehead atoms. The molecule has 0 heterocycles. The molecule has 0 aliphatic carbocycles. The van der Waals surface area contributed by atoms with Crippen molar-refractivity contribution in [2.24, 2.45) is 10.2 Å². The van der Waals surface area contributed by atoms with Crippen LogP contribution in [0.3, 0.4) is 0 Å². The molecular formula is C17H13N3O6S. The van der Waals surface area contributed by atoms with Crippen molar-refractivity contribution >= 4 is 38.0 Å². The largest absolute Gasteiger partial charge is 0.506 e. The Morgan fingerprint density at radius 2 is 1.74 bits per heavy atom. The maximum atomic E-state index is 11.4. The summed E-state index contributed by atoms with van der Waals surface area (Å²) in [4.78, 5) is 10.0. The van der Waals surface area contributed by atoms with Crippen LogP contribution in [0.15, 0.2) is 63.7 Å². The van der Waals surface area contributed by atoms with Gasteiger partial charge in [-0.2, -0.15) is 13.5 Å². The number of fused-ring (bicyclic) bond motifs is 1. The number of hydrogen-bond donors (Lipinski definition) is 2. The Morgan fingerprint density at radius 3 is 2.37 bits per heavy atom. The molecule has 0 unspecified atom stereocenters. The first-order valence-corrected chi connectivity index (χ1v) is 9.01. The van der Waals surface area contributed by atoms with Crippen LogP contribution in [0.5, 0.6) is 5.75 Å². The van der Waals surface area contributed by atoms with Crippen LogP contribution in [-0.2, 0) is 10.1 Å². The maximum absolute atomic E-state index is 11.4. The summed E-state index contributed by atoms with van der Waals surface area (Å²) >= 11 is 0. The molecule has 3 aromatic carbocycles. The molecule has 0 aliphatic rings. The first-order valence-electron chi connectivity index (χ1n) is 7.57. The van der Waals surface area contributed by atoms with E-state index in [1.807, 2.05) is 0 Å². The Labute approximate surface area is 153 Å². The number of phenols is 1. The van der Waals surface area contributed by atoms with Gasteiger partial charge >= 0.3 is 0 Å². The van der Waals surface area contributed by atoms with Crippen LogP contribution >= 0.6 is 0 Å². The Hall–Kier alpha value is -3.37. The standard InChI is InChI=1S/C17H13N3O6S/c1-10-8-12(4-6-15(10)20(22)23)18-19-17-14-9-13(27(24,25)26)5-2-11(14)3-7-16(17)21/h2-9,21H,1H3,(H,24,25,26). The van der Waals surface area contributed by atoms with Crippen LogP contribution in [-0.4, -0.2) is 23.0 Å². The van der Waals surface area contributed by atoms with Gasteiger partial charge in [0, 0.05) is 17.0 Å². The number of hydrogen-bond acceptors (Lipinski definition) is 7.